The van der Waals surface area contributed by atoms with Gasteiger partial charge in [0.25, 0.3) is 0 Å². The smallest absolute Gasteiger partial charge is 0.119 e. The van der Waals surface area contributed by atoms with Crippen LogP contribution < -0.4 is 10.1 Å². The minimum atomic E-state index is 0.842. The number of hydrogen-bond acceptors (Lipinski definition) is 2. The molecular weight excluding hydrogens is 258 g/mol. The lowest BCUT2D eigenvalue weighted by Crippen LogP contribution is -2.14. The monoisotopic (exact) mass is 291 g/mol. The third-order valence-electron chi connectivity index (χ3n) is 3.73. The van der Waals surface area contributed by atoms with Crippen molar-refractivity contribution in [3.05, 3.63) is 29.8 Å². The molecule has 1 rings (SSSR count). The molecule has 0 saturated carbocycles. The van der Waals surface area contributed by atoms with Crippen molar-refractivity contribution < 1.29 is 4.74 Å². The van der Waals surface area contributed by atoms with Gasteiger partial charge in [-0.25, -0.2) is 0 Å². The van der Waals surface area contributed by atoms with E-state index in [-0.39, 0.29) is 0 Å². The molecule has 2 nitrogen and oxygen atoms in total. The summed E-state index contributed by atoms with van der Waals surface area (Å²) in [6, 6.07) is 8.52. The van der Waals surface area contributed by atoms with Gasteiger partial charge >= 0.3 is 0 Å². The van der Waals surface area contributed by atoms with Gasteiger partial charge in [0, 0.05) is 6.54 Å². The number of rotatable bonds is 13. The van der Waals surface area contributed by atoms with Crippen LogP contribution in [0, 0.1) is 0 Å². The van der Waals surface area contributed by atoms with Crippen molar-refractivity contribution in [3.8, 4) is 5.75 Å². The van der Waals surface area contributed by atoms with Crippen LogP contribution in [0.1, 0.15) is 70.8 Å². The molecule has 0 aromatic heterocycles. The number of benzene rings is 1. The zero-order valence-electron chi connectivity index (χ0n) is 14.0. The molecule has 1 aromatic rings. The molecule has 2 heteroatoms. The Kier molecular flexibility index (Phi) is 10.9. The van der Waals surface area contributed by atoms with E-state index < -0.39 is 0 Å². The molecule has 1 aromatic carbocycles. The van der Waals surface area contributed by atoms with E-state index in [0.717, 1.165) is 31.9 Å². The molecule has 21 heavy (non-hydrogen) atoms. The predicted octanol–water partition coefficient (Wildman–Crippen LogP) is 5.32. The van der Waals surface area contributed by atoms with Crippen LogP contribution in [0.2, 0.25) is 0 Å². The van der Waals surface area contributed by atoms with Crippen molar-refractivity contribution in [1.82, 2.24) is 5.32 Å². The summed E-state index contributed by atoms with van der Waals surface area (Å²) >= 11 is 0. The second-order valence-electron chi connectivity index (χ2n) is 5.79. The second kappa shape index (κ2) is 12.7. The highest BCUT2D eigenvalue weighted by Crippen LogP contribution is 2.13. The molecular formula is C19H33NO. The largest absolute Gasteiger partial charge is 0.494 e. The molecule has 0 spiro atoms. The van der Waals surface area contributed by atoms with Gasteiger partial charge in [-0.05, 0) is 37.1 Å². The Bertz CT molecular complexity index is 334. The van der Waals surface area contributed by atoms with Crippen LogP contribution in [-0.4, -0.2) is 13.2 Å². The van der Waals surface area contributed by atoms with E-state index in [9.17, 15) is 0 Å². The van der Waals surface area contributed by atoms with E-state index in [1.807, 2.05) is 0 Å². The first-order valence-corrected chi connectivity index (χ1v) is 8.79. The minimum Gasteiger partial charge on any atom is -0.494 e. The molecule has 1 N–H and O–H groups in total. The lowest BCUT2D eigenvalue weighted by atomic mass is 10.2. The average molecular weight is 291 g/mol. The van der Waals surface area contributed by atoms with Crippen molar-refractivity contribution in [3.63, 3.8) is 0 Å². The summed E-state index contributed by atoms with van der Waals surface area (Å²) in [5.74, 6) is 0.998. The van der Waals surface area contributed by atoms with Crippen LogP contribution in [0.4, 0.5) is 0 Å². The first-order valence-electron chi connectivity index (χ1n) is 8.79. The lowest BCUT2D eigenvalue weighted by molar-refractivity contribution is 0.305. The van der Waals surface area contributed by atoms with Gasteiger partial charge in [-0.3, -0.25) is 0 Å². The average Bonchev–Trinajstić information content (AvgIpc) is 2.52. The van der Waals surface area contributed by atoms with Gasteiger partial charge in [0.05, 0.1) is 6.61 Å². The van der Waals surface area contributed by atoms with Gasteiger partial charge in [0.15, 0.2) is 0 Å². The molecule has 0 amide bonds. The zero-order chi connectivity index (χ0) is 15.2. The maximum Gasteiger partial charge on any atom is 0.119 e. The standard InChI is InChI=1S/C19H33NO/c1-3-5-7-9-15-20-17-18-11-13-19(14-12-18)21-16-10-8-6-4-2/h11-14,20H,3-10,15-17H2,1-2H3. The molecule has 0 unspecified atom stereocenters. The maximum absolute atomic E-state index is 5.76. The molecule has 0 radical (unpaired) electrons. The van der Waals surface area contributed by atoms with Crippen molar-refractivity contribution in [1.29, 1.82) is 0 Å². The molecule has 120 valence electrons. The third kappa shape index (κ3) is 9.52. The molecule has 0 aliphatic rings. The van der Waals surface area contributed by atoms with Gasteiger partial charge in [-0.15, -0.1) is 0 Å². The van der Waals surface area contributed by atoms with Crippen LogP contribution in [-0.2, 0) is 6.54 Å². The van der Waals surface area contributed by atoms with Gasteiger partial charge in [-0.2, -0.15) is 0 Å². The van der Waals surface area contributed by atoms with E-state index in [2.05, 4.69) is 43.4 Å². The fourth-order valence-corrected chi connectivity index (χ4v) is 2.33. The van der Waals surface area contributed by atoms with Crippen LogP contribution in [0.25, 0.3) is 0 Å². The highest BCUT2D eigenvalue weighted by molar-refractivity contribution is 5.27. The summed E-state index contributed by atoms with van der Waals surface area (Å²) in [4.78, 5) is 0. The van der Waals surface area contributed by atoms with Crippen LogP contribution in [0.3, 0.4) is 0 Å². The molecule has 0 atom stereocenters. The number of hydrogen-bond donors (Lipinski definition) is 1. The lowest BCUT2D eigenvalue weighted by Gasteiger charge is -2.08. The number of unbranched alkanes of at least 4 members (excludes halogenated alkanes) is 6. The molecule has 0 bridgehead atoms. The van der Waals surface area contributed by atoms with Gasteiger partial charge in [0.1, 0.15) is 5.75 Å². The van der Waals surface area contributed by atoms with E-state index >= 15 is 0 Å². The van der Waals surface area contributed by atoms with Crippen molar-refractivity contribution in [2.75, 3.05) is 13.2 Å². The molecule has 0 aliphatic carbocycles. The Morgan fingerprint density at radius 3 is 2.14 bits per heavy atom. The molecule has 0 saturated heterocycles. The van der Waals surface area contributed by atoms with Crippen LogP contribution >= 0.6 is 0 Å². The fraction of sp³-hybridized carbons (Fsp3) is 0.684. The zero-order valence-corrected chi connectivity index (χ0v) is 14.0. The number of nitrogens with one attached hydrogen (secondary N) is 1. The molecule has 0 heterocycles. The summed E-state index contributed by atoms with van der Waals surface area (Å²) in [6.07, 6.45) is 10.3. The van der Waals surface area contributed by atoms with E-state index in [0.29, 0.717) is 0 Å². The van der Waals surface area contributed by atoms with Gasteiger partial charge < -0.3 is 10.1 Å². The van der Waals surface area contributed by atoms with Gasteiger partial charge in [-0.1, -0.05) is 64.5 Å². The quantitative estimate of drug-likeness (QED) is 0.497. The first-order chi connectivity index (χ1) is 10.4. The highest BCUT2D eigenvalue weighted by Gasteiger charge is 1.96. The Hall–Kier alpha value is -1.02. The van der Waals surface area contributed by atoms with E-state index in [4.69, 9.17) is 4.74 Å². The summed E-state index contributed by atoms with van der Waals surface area (Å²) in [6.45, 7) is 7.41. The third-order valence-corrected chi connectivity index (χ3v) is 3.73. The maximum atomic E-state index is 5.76. The van der Waals surface area contributed by atoms with E-state index in [1.54, 1.807) is 0 Å². The minimum absolute atomic E-state index is 0.842. The Labute approximate surface area is 131 Å². The summed E-state index contributed by atoms with van der Waals surface area (Å²) < 4.78 is 5.76. The molecule has 0 fully saturated rings. The van der Waals surface area contributed by atoms with Crippen molar-refractivity contribution in [2.24, 2.45) is 0 Å². The Morgan fingerprint density at radius 1 is 0.810 bits per heavy atom. The van der Waals surface area contributed by atoms with Crippen LogP contribution in [0.15, 0.2) is 24.3 Å². The Balaban J connectivity index is 2.09. The van der Waals surface area contributed by atoms with E-state index in [1.165, 1.54) is 50.5 Å². The van der Waals surface area contributed by atoms with Gasteiger partial charge in [0.2, 0.25) is 0 Å². The topological polar surface area (TPSA) is 21.3 Å². The predicted molar refractivity (Wildman–Crippen MR) is 91.9 cm³/mol. The van der Waals surface area contributed by atoms with Crippen LogP contribution in [0.5, 0.6) is 5.75 Å². The summed E-state index contributed by atoms with van der Waals surface area (Å²) in [5.41, 5.74) is 1.34. The highest BCUT2D eigenvalue weighted by atomic mass is 16.5. The first kappa shape index (κ1) is 18.0. The fourth-order valence-electron chi connectivity index (χ4n) is 2.33. The number of ether oxygens (including phenoxy) is 1. The SMILES string of the molecule is CCCCCCNCc1ccc(OCCCCCC)cc1. The second-order valence-corrected chi connectivity index (χ2v) is 5.79. The summed E-state index contributed by atoms with van der Waals surface area (Å²) in [7, 11) is 0. The molecule has 0 aliphatic heterocycles. The summed E-state index contributed by atoms with van der Waals surface area (Å²) in [5, 5.41) is 3.51. The van der Waals surface area contributed by atoms with Crippen molar-refractivity contribution in [2.45, 2.75) is 71.8 Å². The normalized spacial score (nSPS) is 10.8. The van der Waals surface area contributed by atoms with Crippen molar-refractivity contribution >= 4 is 0 Å². The Morgan fingerprint density at radius 2 is 1.48 bits per heavy atom.